The summed E-state index contributed by atoms with van der Waals surface area (Å²) in [7, 11) is 2.60. The van der Waals surface area contributed by atoms with E-state index in [1.54, 1.807) is 0 Å². The largest absolute Gasteiger partial charge is 0.453 e. The van der Waals surface area contributed by atoms with E-state index < -0.39 is 24.3 Å². The molecule has 4 heterocycles. The first-order valence-electron chi connectivity index (χ1n) is 22.0. The molecule has 14 nitrogen and oxygen atoms in total. The van der Waals surface area contributed by atoms with E-state index in [9.17, 15) is 19.2 Å². The van der Waals surface area contributed by atoms with Gasteiger partial charge < -0.3 is 39.9 Å². The van der Waals surface area contributed by atoms with Crippen LogP contribution in [0.5, 0.6) is 0 Å². The Bertz CT molecular complexity index is 2590. The topological polar surface area (TPSA) is 175 Å². The average molecular weight is 875 g/mol. The van der Waals surface area contributed by atoms with Crippen molar-refractivity contribution in [3.63, 3.8) is 0 Å². The summed E-state index contributed by atoms with van der Waals surface area (Å²) in [5.41, 5.74) is 5.47. The zero-order valence-corrected chi connectivity index (χ0v) is 37.6. The van der Waals surface area contributed by atoms with Crippen LogP contribution in [0.4, 0.5) is 9.59 Å². The highest BCUT2D eigenvalue weighted by atomic mass is 35.5. The van der Waals surface area contributed by atoms with Crippen LogP contribution in [0, 0.1) is 35.5 Å². The molecule has 330 valence electrons. The number of halogens is 1. The molecule has 10 atom stereocenters. The number of aromatic nitrogens is 4. The number of rotatable bonds is 11. The van der Waals surface area contributed by atoms with E-state index in [1.165, 1.54) is 14.2 Å². The molecule has 2 aliphatic carbocycles. The second kappa shape index (κ2) is 16.3. The minimum absolute atomic E-state index is 0.0869. The van der Waals surface area contributed by atoms with Crippen LogP contribution in [0.1, 0.15) is 78.1 Å². The highest BCUT2D eigenvalue weighted by molar-refractivity contribution is 6.32. The summed E-state index contributed by atoms with van der Waals surface area (Å²) in [4.78, 5) is 72.7. The van der Waals surface area contributed by atoms with E-state index in [4.69, 9.17) is 31.0 Å². The van der Waals surface area contributed by atoms with Crippen molar-refractivity contribution in [2.45, 2.75) is 90.6 Å². The molecule has 2 saturated carbocycles. The molecule has 2 aromatic heterocycles. The Hall–Kier alpha value is -5.89. The van der Waals surface area contributed by atoms with Crippen LogP contribution < -0.4 is 10.6 Å². The van der Waals surface area contributed by atoms with Crippen molar-refractivity contribution in [3.8, 4) is 33.6 Å². The zero-order valence-electron chi connectivity index (χ0n) is 36.8. The number of piperidine rings is 2. The molecule has 0 radical (unpaired) electrons. The first kappa shape index (κ1) is 42.4. The van der Waals surface area contributed by atoms with E-state index in [2.05, 4.69) is 89.0 Å². The standard InChI is InChI=1S/C48H55ClN8O6/c1-22(2)37(53-47(60)62-7)45(58)56-35(19-32-24(5)40(32)56)43-50-21-34(51-43)27-11-9-26(10-12-27)28-13-14-30-18-31(16-15-29(30)17-28)39-42(49)55-44(52-39)36-20-33-25(6)41(33)57(36)46(59)38(23(3)4)54-48(61)63-8/h9-18,21-25,32-33,35-38,40-41H,19-20H2,1-8H3,(H,50,51)(H,52,55)(H,53,60)(H,54,61)/t24-,25?,32?,33?,35+,36+,37+,38+,40?,41?/m1/s1. The van der Waals surface area contributed by atoms with Gasteiger partial charge in [-0.2, -0.15) is 0 Å². The minimum atomic E-state index is -0.726. The third-order valence-corrected chi connectivity index (χ3v) is 14.4. The summed E-state index contributed by atoms with van der Waals surface area (Å²) in [6, 6.07) is 19.2. The van der Waals surface area contributed by atoms with E-state index in [-0.39, 0.29) is 47.8 Å². The summed E-state index contributed by atoms with van der Waals surface area (Å²) in [6.45, 7) is 12.0. The lowest BCUT2D eigenvalue weighted by Crippen LogP contribution is -2.52. The first-order chi connectivity index (χ1) is 30.2. The fourth-order valence-electron chi connectivity index (χ4n) is 10.4. The fourth-order valence-corrected chi connectivity index (χ4v) is 10.7. The van der Waals surface area contributed by atoms with Gasteiger partial charge in [-0.1, -0.05) is 102 Å². The Morgan fingerprint density at radius 1 is 0.683 bits per heavy atom. The lowest BCUT2D eigenvalue weighted by Gasteiger charge is -2.32. The molecule has 2 saturated heterocycles. The van der Waals surface area contributed by atoms with E-state index >= 15 is 0 Å². The van der Waals surface area contributed by atoms with Crippen LogP contribution in [0.3, 0.4) is 0 Å². The lowest BCUT2D eigenvalue weighted by atomic mass is 9.98. The highest BCUT2D eigenvalue weighted by Crippen LogP contribution is 2.59. The molecule has 5 unspecified atom stereocenters. The Morgan fingerprint density at radius 2 is 1.16 bits per heavy atom. The number of hydrogen-bond donors (Lipinski definition) is 4. The molecule has 0 spiro atoms. The number of likely N-dealkylation sites (tertiary alicyclic amines) is 2. The monoisotopic (exact) mass is 874 g/mol. The molecule has 4 aliphatic rings. The molecule has 4 fully saturated rings. The number of carbonyl (C=O) groups is 4. The molecule has 15 heteroatoms. The summed E-state index contributed by atoms with van der Waals surface area (Å²) in [6.07, 6.45) is 2.17. The van der Waals surface area contributed by atoms with E-state index in [1.807, 2.05) is 49.8 Å². The quantitative estimate of drug-likeness (QED) is 0.102. The number of benzene rings is 3. The Morgan fingerprint density at radius 3 is 1.68 bits per heavy atom. The van der Waals surface area contributed by atoms with Gasteiger partial charge in [0.15, 0.2) is 0 Å². The molecular formula is C48H55ClN8O6. The van der Waals surface area contributed by atoms with Gasteiger partial charge in [-0.05, 0) is 87.9 Å². The molecule has 4 amide bonds. The number of methoxy groups -OCH3 is 2. The number of alkyl carbamates (subject to hydrolysis) is 2. The molecular weight excluding hydrogens is 820 g/mol. The average Bonchev–Trinajstić information content (AvgIpc) is 3.72. The summed E-state index contributed by atoms with van der Waals surface area (Å²) < 4.78 is 9.65. The van der Waals surface area contributed by atoms with Crippen molar-refractivity contribution in [2.24, 2.45) is 35.5 Å². The van der Waals surface area contributed by atoms with Crippen molar-refractivity contribution < 1.29 is 28.7 Å². The maximum Gasteiger partial charge on any atom is 0.407 e. The van der Waals surface area contributed by atoms with Gasteiger partial charge in [0.25, 0.3) is 0 Å². The predicted molar refractivity (Wildman–Crippen MR) is 239 cm³/mol. The van der Waals surface area contributed by atoms with Gasteiger partial charge in [-0.15, -0.1) is 0 Å². The minimum Gasteiger partial charge on any atom is -0.453 e. The summed E-state index contributed by atoms with van der Waals surface area (Å²) >= 11 is 6.85. The normalized spacial score (nSPS) is 25.4. The molecule has 9 rings (SSSR count). The van der Waals surface area contributed by atoms with Gasteiger partial charge in [0.1, 0.15) is 34.6 Å². The SMILES string of the molecule is COC(=O)N[C@H](C(=O)N1C2C(C)C2C[C@H]1c1nc(-c2ccc3cc(-c4ccc(-c5cnc([C@@H]6CC7C([C@@H]7C)N6C(=O)[C@@H](NC(=O)OC)C(C)C)[nH]5)cc4)ccc3c2)c(Cl)[nH]1)C(C)C. The molecule has 2 aliphatic heterocycles. The number of imidazole rings is 2. The van der Waals surface area contributed by atoms with Gasteiger partial charge in [0, 0.05) is 17.6 Å². The Balaban J connectivity index is 0.901. The molecule has 5 aromatic rings. The van der Waals surface area contributed by atoms with Crippen LogP contribution >= 0.6 is 11.6 Å². The molecule has 63 heavy (non-hydrogen) atoms. The van der Waals surface area contributed by atoms with Gasteiger partial charge in [0.05, 0.1) is 38.2 Å². The number of fused-ring (bicyclic) bond motifs is 3. The third kappa shape index (κ3) is 7.59. The van der Waals surface area contributed by atoms with Crippen molar-refractivity contribution >= 4 is 46.4 Å². The number of amides is 4. The van der Waals surface area contributed by atoms with Crippen LogP contribution in [0.2, 0.25) is 5.15 Å². The van der Waals surface area contributed by atoms with Crippen LogP contribution in [0.25, 0.3) is 44.4 Å². The van der Waals surface area contributed by atoms with Gasteiger partial charge in [-0.3, -0.25) is 9.59 Å². The predicted octanol–water partition coefficient (Wildman–Crippen LogP) is 8.52. The highest BCUT2D eigenvalue weighted by Gasteiger charge is 2.63. The Labute approximate surface area is 371 Å². The number of hydrogen-bond acceptors (Lipinski definition) is 8. The van der Waals surface area contributed by atoms with Crippen molar-refractivity contribution in [1.82, 2.24) is 40.4 Å². The maximum absolute atomic E-state index is 14.0. The first-order valence-corrected chi connectivity index (χ1v) is 22.3. The number of nitrogens with zero attached hydrogens (tertiary/aromatic N) is 4. The zero-order chi connectivity index (χ0) is 44.6. The van der Waals surface area contributed by atoms with Crippen LogP contribution in [-0.4, -0.2) is 92.1 Å². The number of carbonyl (C=O) groups excluding carboxylic acids is 4. The van der Waals surface area contributed by atoms with Gasteiger partial charge in [0.2, 0.25) is 11.8 Å². The molecule has 3 aromatic carbocycles. The second-order valence-electron chi connectivity index (χ2n) is 18.6. The lowest BCUT2D eigenvalue weighted by molar-refractivity contribution is -0.137. The number of nitrogens with one attached hydrogen (secondary N) is 4. The fraction of sp³-hybridized carbons (Fsp3) is 0.458. The summed E-state index contributed by atoms with van der Waals surface area (Å²) in [5.74, 6) is 2.44. The molecule has 0 bridgehead atoms. The van der Waals surface area contributed by atoms with Crippen molar-refractivity contribution in [2.75, 3.05) is 14.2 Å². The van der Waals surface area contributed by atoms with Crippen molar-refractivity contribution in [1.29, 1.82) is 0 Å². The third-order valence-electron chi connectivity index (χ3n) is 14.2. The maximum atomic E-state index is 14.0. The second-order valence-corrected chi connectivity index (χ2v) is 18.9. The van der Waals surface area contributed by atoms with Crippen LogP contribution in [-0.2, 0) is 19.1 Å². The van der Waals surface area contributed by atoms with Crippen LogP contribution in [0.15, 0.2) is 66.9 Å². The summed E-state index contributed by atoms with van der Waals surface area (Å²) in [5, 5.41) is 8.01. The number of ether oxygens (including phenoxy) is 2. The van der Waals surface area contributed by atoms with Gasteiger partial charge in [-0.25, -0.2) is 19.6 Å². The number of H-pyrrole nitrogens is 2. The molecule has 4 N–H and O–H groups in total. The smallest absolute Gasteiger partial charge is 0.407 e. The Kier molecular flexibility index (Phi) is 11.0. The van der Waals surface area contributed by atoms with Gasteiger partial charge >= 0.3 is 12.2 Å². The van der Waals surface area contributed by atoms with Crippen molar-refractivity contribution in [3.05, 3.63) is 83.7 Å². The van der Waals surface area contributed by atoms with E-state index in [0.717, 1.165) is 57.4 Å². The van der Waals surface area contributed by atoms with E-state index in [0.29, 0.717) is 40.3 Å². The number of aromatic amines is 2.